The van der Waals surface area contributed by atoms with Gasteiger partial charge < -0.3 is 4.72 Å². The summed E-state index contributed by atoms with van der Waals surface area (Å²) >= 11 is 4.63. The molecule has 0 saturated carbocycles. The van der Waals surface area contributed by atoms with Gasteiger partial charge in [-0.3, -0.25) is 4.79 Å². The minimum Gasteiger partial charge on any atom is -0.327 e. The minimum atomic E-state index is -0.510. The Balaban J connectivity index is 2.33. The van der Waals surface area contributed by atoms with E-state index >= 15 is 0 Å². The molecule has 6 heteroatoms. The Bertz CT molecular complexity index is 661. The van der Waals surface area contributed by atoms with Crippen LogP contribution in [0.2, 0.25) is 0 Å². The SMILES string of the molecule is CCSNc1cc(Br)c(C(=O)c2ccc(F)cc2)cc1F. The van der Waals surface area contributed by atoms with E-state index in [2.05, 4.69) is 20.7 Å². The van der Waals surface area contributed by atoms with Gasteiger partial charge in [0.25, 0.3) is 0 Å². The van der Waals surface area contributed by atoms with Crippen molar-refractivity contribution in [1.29, 1.82) is 0 Å². The van der Waals surface area contributed by atoms with E-state index in [4.69, 9.17) is 0 Å². The van der Waals surface area contributed by atoms with Crippen LogP contribution in [0.15, 0.2) is 40.9 Å². The Kier molecular flexibility index (Phi) is 5.36. The number of halogens is 3. The van der Waals surface area contributed by atoms with Crippen LogP contribution in [0.5, 0.6) is 0 Å². The first-order valence-electron chi connectivity index (χ1n) is 6.20. The van der Waals surface area contributed by atoms with Crippen molar-refractivity contribution in [3.8, 4) is 0 Å². The molecule has 0 aromatic heterocycles. The van der Waals surface area contributed by atoms with E-state index in [0.29, 0.717) is 15.7 Å². The maximum absolute atomic E-state index is 14.0. The van der Waals surface area contributed by atoms with Crippen molar-refractivity contribution < 1.29 is 13.6 Å². The molecule has 0 aliphatic carbocycles. The molecule has 0 aliphatic heterocycles. The Morgan fingerprint density at radius 3 is 2.52 bits per heavy atom. The van der Waals surface area contributed by atoms with Gasteiger partial charge in [-0.1, -0.05) is 18.9 Å². The molecule has 21 heavy (non-hydrogen) atoms. The summed E-state index contributed by atoms with van der Waals surface area (Å²) in [6, 6.07) is 7.85. The summed E-state index contributed by atoms with van der Waals surface area (Å²) in [5.41, 5.74) is 0.815. The lowest BCUT2D eigenvalue weighted by Gasteiger charge is -2.09. The van der Waals surface area contributed by atoms with E-state index < -0.39 is 11.6 Å². The van der Waals surface area contributed by atoms with Crippen LogP contribution in [-0.4, -0.2) is 11.5 Å². The zero-order chi connectivity index (χ0) is 15.4. The van der Waals surface area contributed by atoms with Gasteiger partial charge in [0, 0.05) is 21.4 Å². The summed E-state index contributed by atoms with van der Waals surface area (Å²) < 4.78 is 30.2. The Hall–Kier alpha value is -1.40. The normalized spacial score (nSPS) is 10.5. The number of rotatable bonds is 5. The van der Waals surface area contributed by atoms with Gasteiger partial charge >= 0.3 is 0 Å². The van der Waals surface area contributed by atoms with Gasteiger partial charge in [0.1, 0.15) is 11.6 Å². The van der Waals surface area contributed by atoms with Crippen LogP contribution >= 0.6 is 27.9 Å². The van der Waals surface area contributed by atoms with Gasteiger partial charge in [0.15, 0.2) is 5.78 Å². The van der Waals surface area contributed by atoms with Gasteiger partial charge in [-0.15, -0.1) is 0 Å². The lowest BCUT2D eigenvalue weighted by atomic mass is 10.0. The predicted octanol–water partition coefficient (Wildman–Crippen LogP) is 5.04. The standard InChI is InChI=1S/C15H12BrF2NOS/c1-2-21-19-14-8-12(16)11(7-13(14)18)15(20)9-3-5-10(17)6-4-9/h3-8,19H,2H2,1H3. The van der Waals surface area contributed by atoms with Crippen LogP contribution in [-0.2, 0) is 0 Å². The monoisotopic (exact) mass is 371 g/mol. The molecule has 0 heterocycles. The molecule has 0 unspecified atom stereocenters. The van der Waals surface area contributed by atoms with Crippen molar-refractivity contribution in [3.05, 3.63) is 63.6 Å². The number of nitrogens with one attached hydrogen (secondary N) is 1. The number of ketones is 1. The maximum Gasteiger partial charge on any atom is 0.194 e. The molecule has 2 rings (SSSR count). The molecule has 1 N–H and O–H groups in total. The van der Waals surface area contributed by atoms with Crippen LogP contribution in [0.1, 0.15) is 22.8 Å². The first-order valence-corrected chi connectivity index (χ1v) is 7.98. The third-order valence-electron chi connectivity index (χ3n) is 2.73. The first-order chi connectivity index (χ1) is 10.0. The number of hydrogen-bond acceptors (Lipinski definition) is 3. The number of hydrogen-bond donors (Lipinski definition) is 1. The quantitative estimate of drug-likeness (QED) is 0.589. The van der Waals surface area contributed by atoms with Crippen LogP contribution in [0.25, 0.3) is 0 Å². The Morgan fingerprint density at radius 2 is 1.90 bits per heavy atom. The zero-order valence-electron chi connectivity index (χ0n) is 11.1. The van der Waals surface area contributed by atoms with Crippen molar-refractivity contribution in [2.75, 3.05) is 10.5 Å². The molecular formula is C15H12BrF2NOS. The molecule has 0 spiro atoms. The average molecular weight is 372 g/mol. The van der Waals surface area contributed by atoms with E-state index in [1.54, 1.807) is 0 Å². The van der Waals surface area contributed by atoms with Gasteiger partial charge in [0.2, 0.25) is 0 Å². The highest BCUT2D eigenvalue weighted by molar-refractivity contribution is 9.10. The van der Waals surface area contributed by atoms with E-state index in [1.165, 1.54) is 48.3 Å². The highest BCUT2D eigenvalue weighted by Crippen LogP contribution is 2.28. The average Bonchev–Trinajstić information content (AvgIpc) is 2.48. The molecule has 110 valence electrons. The van der Waals surface area contributed by atoms with Crippen LogP contribution in [0.4, 0.5) is 14.5 Å². The molecule has 0 saturated heterocycles. The molecule has 0 aliphatic rings. The molecule has 0 amide bonds. The number of benzene rings is 2. The summed E-state index contributed by atoms with van der Waals surface area (Å²) in [7, 11) is 0. The molecular weight excluding hydrogens is 360 g/mol. The van der Waals surface area contributed by atoms with Crippen LogP contribution < -0.4 is 4.72 Å². The number of carbonyl (C=O) groups is 1. The fourth-order valence-corrected chi connectivity index (χ4v) is 2.69. The van der Waals surface area contributed by atoms with Gasteiger partial charge in [-0.25, -0.2) is 8.78 Å². The largest absolute Gasteiger partial charge is 0.327 e. The smallest absolute Gasteiger partial charge is 0.194 e. The Morgan fingerprint density at radius 1 is 1.24 bits per heavy atom. The first kappa shape index (κ1) is 16.0. The summed E-state index contributed by atoms with van der Waals surface area (Å²) in [4.78, 5) is 12.3. The minimum absolute atomic E-state index is 0.200. The highest BCUT2D eigenvalue weighted by Gasteiger charge is 2.16. The predicted molar refractivity (Wildman–Crippen MR) is 85.7 cm³/mol. The zero-order valence-corrected chi connectivity index (χ0v) is 13.5. The summed E-state index contributed by atoms with van der Waals surface area (Å²) in [6.07, 6.45) is 0. The summed E-state index contributed by atoms with van der Waals surface area (Å²) in [6.45, 7) is 1.94. The number of carbonyl (C=O) groups excluding carboxylic acids is 1. The number of anilines is 1. The third kappa shape index (κ3) is 3.83. The van der Waals surface area contributed by atoms with Crippen molar-refractivity contribution in [3.63, 3.8) is 0 Å². The summed E-state index contributed by atoms with van der Waals surface area (Å²) in [5, 5.41) is 0. The molecule has 0 atom stereocenters. The van der Waals surface area contributed by atoms with E-state index in [1.807, 2.05) is 6.92 Å². The highest BCUT2D eigenvalue weighted by atomic mass is 79.9. The third-order valence-corrected chi connectivity index (χ3v) is 4.04. The van der Waals surface area contributed by atoms with Gasteiger partial charge in [-0.05, 0) is 52.3 Å². The fourth-order valence-electron chi connectivity index (χ4n) is 1.71. The van der Waals surface area contributed by atoms with Crippen LogP contribution in [0.3, 0.4) is 0 Å². The van der Waals surface area contributed by atoms with Crippen molar-refractivity contribution >= 4 is 39.3 Å². The molecule has 2 aromatic carbocycles. The molecule has 2 nitrogen and oxygen atoms in total. The second-order valence-corrected chi connectivity index (χ2v) is 6.11. The Labute approximate surface area is 134 Å². The molecule has 0 fully saturated rings. The van der Waals surface area contributed by atoms with E-state index in [0.717, 1.165) is 5.75 Å². The second kappa shape index (κ2) is 7.04. The van der Waals surface area contributed by atoms with E-state index in [-0.39, 0.29) is 11.3 Å². The van der Waals surface area contributed by atoms with Gasteiger partial charge in [-0.2, -0.15) is 0 Å². The van der Waals surface area contributed by atoms with Crippen molar-refractivity contribution in [2.45, 2.75) is 6.92 Å². The van der Waals surface area contributed by atoms with Crippen molar-refractivity contribution in [2.24, 2.45) is 0 Å². The van der Waals surface area contributed by atoms with Crippen molar-refractivity contribution in [1.82, 2.24) is 0 Å². The van der Waals surface area contributed by atoms with Gasteiger partial charge in [0.05, 0.1) is 5.69 Å². The second-order valence-electron chi connectivity index (χ2n) is 4.18. The molecule has 0 bridgehead atoms. The summed E-state index contributed by atoms with van der Waals surface area (Å²) in [5.74, 6) is -0.513. The molecule has 0 radical (unpaired) electrons. The molecule has 2 aromatic rings. The fraction of sp³-hybridized carbons (Fsp3) is 0.133. The van der Waals surface area contributed by atoms with Crippen LogP contribution in [0, 0.1) is 11.6 Å². The van der Waals surface area contributed by atoms with E-state index in [9.17, 15) is 13.6 Å². The lowest BCUT2D eigenvalue weighted by Crippen LogP contribution is -2.04. The lowest BCUT2D eigenvalue weighted by molar-refractivity contribution is 0.103. The topological polar surface area (TPSA) is 29.1 Å². The maximum atomic E-state index is 14.0.